The van der Waals surface area contributed by atoms with Crippen LogP contribution in [0.25, 0.3) is 0 Å². The molecule has 8 rings (SSSR count). The maximum absolute atomic E-state index is 17.5. The predicted octanol–water partition coefficient (Wildman–Crippen LogP) is 13.0. The topological polar surface area (TPSA) is 81.2 Å². The number of hydrogen-bond acceptors (Lipinski definition) is 4. The molecule has 0 N–H and O–H groups in total. The third kappa shape index (κ3) is 10.6. The summed E-state index contributed by atoms with van der Waals surface area (Å²) in [6.07, 6.45) is 42.4. The van der Waals surface area contributed by atoms with E-state index >= 15 is 19.2 Å². The Hall–Kier alpha value is -2.12. The molecule has 0 bridgehead atoms. The number of hydrogen-bond donors (Lipinski definition) is 0. The summed E-state index contributed by atoms with van der Waals surface area (Å²) in [5.41, 5.74) is -2.11. The van der Waals surface area contributed by atoms with Crippen molar-refractivity contribution in [3.8, 4) is 0 Å². The number of nitrogens with zero attached hydrogens (tertiary/aromatic N) is 4. The number of amides is 4. The normalized spacial score (nSPS) is 26.0. The molecule has 8 heteroatoms. The van der Waals surface area contributed by atoms with Gasteiger partial charge >= 0.3 is 0 Å². The van der Waals surface area contributed by atoms with Crippen molar-refractivity contribution in [2.75, 3.05) is 0 Å². The molecule has 1 atom stereocenters. The quantitative estimate of drug-likeness (QED) is 0.163. The Labute approximate surface area is 390 Å². The van der Waals surface area contributed by atoms with Crippen LogP contribution in [0.3, 0.4) is 0 Å². The summed E-state index contributed by atoms with van der Waals surface area (Å²) < 4.78 is 0. The van der Waals surface area contributed by atoms with Crippen molar-refractivity contribution in [2.24, 2.45) is 11.3 Å². The average Bonchev–Trinajstić information content (AvgIpc) is 3.36. The molecule has 8 saturated carbocycles. The van der Waals surface area contributed by atoms with Crippen LogP contribution < -0.4 is 0 Å². The van der Waals surface area contributed by atoms with Crippen LogP contribution in [0, 0.1) is 11.3 Å². The van der Waals surface area contributed by atoms with E-state index in [1.54, 1.807) is 0 Å². The minimum Gasteiger partial charge on any atom is -0.336 e. The molecule has 0 saturated heterocycles. The van der Waals surface area contributed by atoms with Crippen LogP contribution in [0.4, 0.5) is 0 Å². The molecule has 0 aromatic heterocycles. The smallest absolute Gasteiger partial charge is 0.249 e. The lowest BCUT2D eigenvalue weighted by atomic mass is 9.66. The van der Waals surface area contributed by atoms with Gasteiger partial charge in [-0.2, -0.15) is 0 Å². The Bertz CT molecular complexity index is 1270. The molecule has 0 heterocycles. The highest BCUT2D eigenvalue weighted by atomic mass is 16.2. The van der Waals surface area contributed by atoms with E-state index in [1.807, 2.05) is 0 Å². The Balaban J connectivity index is 1.38. The van der Waals surface area contributed by atoms with E-state index in [0.29, 0.717) is 6.42 Å². The summed E-state index contributed by atoms with van der Waals surface area (Å²) in [5.74, 6) is -1.68. The predicted molar refractivity (Wildman–Crippen MR) is 259 cm³/mol. The second-order valence-corrected chi connectivity index (χ2v) is 23.0. The molecule has 1 unspecified atom stereocenters. The largest absolute Gasteiger partial charge is 0.336 e. The maximum Gasteiger partial charge on any atom is 0.249 e. The third-order valence-electron chi connectivity index (χ3n) is 18.9. The second kappa shape index (κ2) is 23.7. The zero-order chi connectivity index (χ0) is 44.3. The monoisotopic (exact) mass is 887 g/mol. The lowest BCUT2D eigenvalue weighted by molar-refractivity contribution is -0.185. The lowest BCUT2D eigenvalue weighted by Gasteiger charge is -2.54. The van der Waals surface area contributed by atoms with Crippen LogP contribution in [0.15, 0.2) is 0 Å². The van der Waals surface area contributed by atoms with Crippen LogP contribution in [-0.4, -0.2) is 91.6 Å². The van der Waals surface area contributed by atoms with Gasteiger partial charge in [0.05, 0.1) is 5.92 Å². The van der Waals surface area contributed by atoms with Gasteiger partial charge in [-0.1, -0.05) is 161 Å². The fourth-order valence-corrected chi connectivity index (χ4v) is 15.6. The number of carbonyl (C=O) groups is 4. The van der Waals surface area contributed by atoms with E-state index in [-0.39, 0.29) is 72.0 Å². The molecule has 64 heavy (non-hydrogen) atoms. The second-order valence-electron chi connectivity index (χ2n) is 23.0. The van der Waals surface area contributed by atoms with Gasteiger partial charge < -0.3 is 19.6 Å². The fourth-order valence-electron chi connectivity index (χ4n) is 15.6. The fraction of sp³-hybridized carbons (Fsp3) is 0.929. The highest BCUT2D eigenvalue weighted by molar-refractivity contribution is 6.25. The van der Waals surface area contributed by atoms with Gasteiger partial charge in [0.1, 0.15) is 0 Å². The minimum absolute atomic E-state index is 0.0111. The van der Waals surface area contributed by atoms with Crippen molar-refractivity contribution in [3.05, 3.63) is 0 Å². The Morgan fingerprint density at radius 3 is 0.656 bits per heavy atom. The molecule has 0 radical (unpaired) electrons. The first-order valence-electron chi connectivity index (χ1n) is 28.8. The standard InChI is InChI=1S/C56H94N4O4/c1-2-51(52(61)57(43-27-11-3-12-28-43)44-29-13-4-14-30-44)56(53(62)58(45-31-15-5-16-32-45)46-33-17-6-18-34-46,54(63)59(47-35-19-7-20-36-47)48-37-21-8-22-38-48)55(64)60(49-39-23-9-24-40-49)50-41-25-10-26-42-50/h43-51H,2-42H2,1H3. The molecule has 362 valence electrons. The van der Waals surface area contributed by atoms with Crippen molar-refractivity contribution in [1.29, 1.82) is 0 Å². The summed E-state index contributed by atoms with van der Waals surface area (Å²) >= 11 is 0. The third-order valence-corrected chi connectivity index (χ3v) is 18.9. The van der Waals surface area contributed by atoms with Crippen LogP contribution in [0.1, 0.15) is 270 Å². The molecule has 8 fully saturated rings. The SMILES string of the molecule is CCC(C(=O)N(C1CCCCC1)C1CCCCC1)C(C(=O)N(C1CCCCC1)C1CCCCC1)(C(=O)N(C1CCCCC1)C1CCCCC1)C(=O)N(C1CCCCC1)C1CCCCC1. The van der Waals surface area contributed by atoms with Crippen LogP contribution in [0.2, 0.25) is 0 Å². The number of rotatable bonds is 14. The van der Waals surface area contributed by atoms with Crippen molar-refractivity contribution in [2.45, 2.75) is 319 Å². The molecule has 4 amide bonds. The van der Waals surface area contributed by atoms with Gasteiger partial charge in [-0.3, -0.25) is 19.2 Å². The summed E-state index contributed by atoms with van der Waals surface area (Å²) in [7, 11) is 0. The van der Waals surface area contributed by atoms with Gasteiger partial charge in [-0.25, -0.2) is 0 Å². The van der Waals surface area contributed by atoms with Gasteiger partial charge in [0.15, 0.2) is 0 Å². The maximum atomic E-state index is 17.5. The van der Waals surface area contributed by atoms with Gasteiger partial charge in [0.2, 0.25) is 29.0 Å². The van der Waals surface area contributed by atoms with E-state index in [9.17, 15) is 0 Å². The first kappa shape index (κ1) is 48.3. The Morgan fingerprint density at radius 1 is 0.312 bits per heavy atom. The van der Waals surface area contributed by atoms with E-state index in [2.05, 4.69) is 26.5 Å². The van der Waals surface area contributed by atoms with Crippen molar-refractivity contribution in [1.82, 2.24) is 19.6 Å². The molecule has 0 aromatic carbocycles. The van der Waals surface area contributed by atoms with E-state index < -0.39 is 11.3 Å². The first-order valence-corrected chi connectivity index (χ1v) is 28.8. The molecule has 8 aliphatic carbocycles. The zero-order valence-electron chi connectivity index (χ0n) is 41.1. The summed E-state index contributed by atoms with van der Waals surface area (Å²) in [6, 6.07) is 0.316. The highest BCUT2D eigenvalue weighted by Gasteiger charge is 2.67. The van der Waals surface area contributed by atoms with Gasteiger partial charge in [0.25, 0.3) is 0 Å². The Morgan fingerprint density at radius 2 is 0.484 bits per heavy atom. The number of carbonyl (C=O) groups excluding carboxylic acids is 4. The van der Waals surface area contributed by atoms with Gasteiger partial charge in [0, 0.05) is 48.3 Å². The summed E-state index contributed by atoms with van der Waals surface area (Å²) in [4.78, 5) is 78.4. The average molecular weight is 887 g/mol. The van der Waals surface area contributed by atoms with Crippen molar-refractivity contribution < 1.29 is 19.2 Å². The molecule has 0 aromatic rings. The molecule has 8 nitrogen and oxygen atoms in total. The van der Waals surface area contributed by atoms with Gasteiger partial charge in [-0.15, -0.1) is 0 Å². The molecule has 0 aliphatic heterocycles. The highest BCUT2D eigenvalue weighted by Crippen LogP contribution is 2.48. The molecule has 0 spiro atoms. The van der Waals surface area contributed by atoms with Crippen molar-refractivity contribution in [3.63, 3.8) is 0 Å². The van der Waals surface area contributed by atoms with Crippen LogP contribution in [-0.2, 0) is 19.2 Å². The molecular formula is C56H94N4O4. The van der Waals surface area contributed by atoms with E-state index in [4.69, 9.17) is 0 Å². The van der Waals surface area contributed by atoms with E-state index in [1.165, 1.54) is 51.4 Å². The van der Waals surface area contributed by atoms with E-state index in [0.717, 1.165) is 205 Å². The van der Waals surface area contributed by atoms with Crippen LogP contribution >= 0.6 is 0 Å². The lowest BCUT2D eigenvalue weighted by Crippen LogP contribution is -2.72. The van der Waals surface area contributed by atoms with Gasteiger partial charge in [-0.05, 0) is 109 Å². The Kier molecular flexibility index (Phi) is 17.9. The minimum atomic E-state index is -2.11. The van der Waals surface area contributed by atoms with Crippen LogP contribution in [0.5, 0.6) is 0 Å². The molecule has 8 aliphatic rings. The zero-order valence-corrected chi connectivity index (χ0v) is 41.1. The van der Waals surface area contributed by atoms with Crippen molar-refractivity contribution >= 4 is 23.6 Å². The summed E-state index contributed by atoms with van der Waals surface area (Å²) in [6.45, 7) is 2.09. The summed E-state index contributed by atoms with van der Waals surface area (Å²) in [5, 5.41) is 0. The first-order chi connectivity index (χ1) is 31.4. The molecular weight excluding hydrogens is 793 g/mol.